The van der Waals surface area contributed by atoms with Crippen LogP contribution in [0.5, 0.6) is 11.5 Å². The van der Waals surface area contributed by atoms with Crippen LogP contribution in [0.1, 0.15) is 10.4 Å². The molecule has 126 valence electrons. The van der Waals surface area contributed by atoms with E-state index in [4.69, 9.17) is 9.47 Å². The molecule has 2 aromatic rings. The minimum Gasteiger partial charge on any atom is -0.493 e. The Morgan fingerprint density at radius 1 is 1.04 bits per heavy atom. The highest BCUT2D eigenvalue weighted by molar-refractivity contribution is 14.1. The molecular formula is C17H16INO5. The van der Waals surface area contributed by atoms with Crippen molar-refractivity contribution in [3.05, 3.63) is 51.6 Å². The van der Waals surface area contributed by atoms with E-state index in [0.717, 1.165) is 3.57 Å². The molecule has 0 radical (unpaired) electrons. The first-order valence-electron chi connectivity index (χ1n) is 6.98. The summed E-state index contributed by atoms with van der Waals surface area (Å²) in [7, 11) is 2.74. The van der Waals surface area contributed by atoms with Crippen molar-refractivity contribution >= 4 is 40.2 Å². The van der Waals surface area contributed by atoms with E-state index in [1.165, 1.54) is 14.2 Å². The molecule has 0 aliphatic carbocycles. The number of carbonyl (C=O) groups is 2. The van der Waals surface area contributed by atoms with Gasteiger partial charge in [-0.15, -0.1) is 0 Å². The molecule has 0 atom stereocenters. The van der Waals surface area contributed by atoms with Gasteiger partial charge in [-0.05, 0) is 65.1 Å². The molecule has 0 spiro atoms. The highest BCUT2D eigenvalue weighted by atomic mass is 127. The maximum atomic E-state index is 12.3. The zero-order valence-corrected chi connectivity index (χ0v) is 15.3. The number of carbonyl (C=O) groups excluding carboxylic acids is 2. The minimum absolute atomic E-state index is 0.235. The van der Waals surface area contributed by atoms with Gasteiger partial charge in [0.1, 0.15) is 0 Å². The SMILES string of the molecule is COC(=O)COc1ccc(C(=O)Nc2ccc(I)cc2)cc1OC. The number of halogens is 1. The highest BCUT2D eigenvalue weighted by Gasteiger charge is 2.13. The van der Waals surface area contributed by atoms with Crippen molar-refractivity contribution in [2.45, 2.75) is 0 Å². The van der Waals surface area contributed by atoms with E-state index in [-0.39, 0.29) is 12.5 Å². The van der Waals surface area contributed by atoms with Crippen LogP contribution < -0.4 is 14.8 Å². The number of ether oxygens (including phenoxy) is 3. The first-order chi connectivity index (χ1) is 11.5. The fraction of sp³-hybridized carbons (Fsp3) is 0.176. The Hall–Kier alpha value is -2.29. The zero-order valence-electron chi connectivity index (χ0n) is 13.2. The van der Waals surface area contributed by atoms with Gasteiger partial charge in [0, 0.05) is 14.8 Å². The molecule has 6 nitrogen and oxygen atoms in total. The lowest BCUT2D eigenvalue weighted by Crippen LogP contribution is -2.14. The Labute approximate surface area is 153 Å². The van der Waals surface area contributed by atoms with Crippen molar-refractivity contribution in [1.82, 2.24) is 0 Å². The van der Waals surface area contributed by atoms with E-state index in [0.29, 0.717) is 22.7 Å². The molecule has 0 aliphatic heterocycles. The standard InChI is InChI=1S/C17H16INO5/c1-22-15-9-11(3-8-14(15)24-10-16(20)23-2)17(21)19-13-6-4-12(18)5-7-13/h3-9H,10H2,1-2H3,(H,19,21). The summed E-state index contributed by atoms with van der Waals surface area (Å²) in [6, 6.07) is 12.2. The average Bonchev–Trinajstić information content (AvgIpc) is 2.61. The van der Waals surface area contributed by atoms with E-state index >= 15 is 0 Å². The molecule has 0 heterocycles. The van der Waals surface area contributed by atoms with E-state index in [2.05, 4.69) is 32.6 Å². The summed E-state index contributed by atoms with van der Waals surface area (Å²) in [5, 5.41) is 2.80. The lowest BCUT2D eigenvalue weighted by molar-refractivity contribution is -0.142. The smallest absolute Gasteiger partial charge is 0.343 e. The number of anilines is 1. The topological polar surface area (TPSA) is 73.9 Å². The van der Waals surface area contributed by atoms with Crippen LogP contribution in [0.4, 0.5) is 5.69 Å². The molecule has 1 amide bonds. The molecule has 2 aromatic carbocycles. The lowest BCUT2D eigenvalue weighted by atomic mass is 10.2. The van der Waals surface area contributed by atoms with Crippen molar-refractivity contribution in [2.75, 3.05) is 26.1 Å². The molecule has 1 N–H and O–H groups in total. The van der Waals surface area contributed by atoms with Crippen LogP contribution in [0.25, 0.3) is 0 Å². The second-order valence-electron chi connectivity index (χ2n) is 4.69. The maximum Gasteiger partial charge on any atom is 0.343 e. The van der Waals surface area contributed by atoms with Crippen molar-refractivity contribution in [2.24, 2.45) is 0 Å². The van der Waals surface area contributed by atoms with Gasteiger partial charge in [-0.25, -0.2) is 4.79 Å². The van der Waals surface area contributed by atoms with Crippen LogP contribution >= 0.6 is 22.6 Å². The van der Waals surface area contributed by atoms with Crippen molar-refractivity contribution in [1.29, 1.82) is 0 Å². The van der Waals surface area contributed by atoms with Crippen molar-refractivity contribution in [3.8, 4) is 11.5 Å². The maximum absolute atomic E-state index is 12.3. The average molecular weight is 441 g/mol. The molecule has 0 aliphatic rings. The second-order valence-corrected chi connectivity index (χ2v) is 5.94. The Morgan fingerprint density at radius 3 is 2.38 bits per heavy atom. The fourth-order valence-electron chi connectivity index (χ4n) is 1.86. The van der Waals surface area contributed by atoms with E-state index < -0.39 is 5.97 Å². The number of hydrogen-bond donors (Lipinski definition) is 1. The fourth-order valence-corrected chi connectivity index (χ4v) is 2.22. The van der Waals surface area contributed by atoms with Crippen LogP contribution in [-0.4, -0.2) is 32.7 Å². The number of amides is 1. The third-order valence-electron chi connectivity index (χ3n) is 3.10. The second kappa shape index (κ2) is 8.53. The first kappa shape index (κ1) is 18.1. The predicted molar refractivity (Wildman–Crippen MR) is 97.6 cm³/mol. The number of hydrogen-bond acceptors (Lipinski definition) is 5. The van der Waals surface area contributed by atoms with E-state index in [1.807, 2.05) is 24.3 Å². The van der Waals surface area contributed by atoms with Gasteiger partial charge in [-0.1, -0.05) is 0 Å². The Morgan fingerprint density at radius 2 is 1.75 bits per heavy atom. The van der Waals surface area contributed by atoms with Crippen LogP contribution in [0.15, 0.2) is 42.5 Å². The zero-order chi connectivity index (χ0) is 17.5. The van der Waals surface area contributed by atoms with Gasteiger partial charge in [0.15, 0.2) is 18.1 Å². The van der Waals surface area contributed by atoms with Crippen LogP contribution in [0.2, 0.25) is 0 Å². The normalized spacial score (nSPS) is 9.96. The Kier molecular flexibility index (Phi) is 6.42. The summed E-state index contributed by atoms with van der Waals surface area (Å²) in [6.45, 7) is -0.235. The van der Waals surface area contributed by atoms with Gasteiger partial charge in [0.25, 0.3) is 5.91 Å². The molecule has 0 bridgehead atoms. The van der Waals surface area contributed by atoms with Gasteiger partial charge in [0.05, 0.1) is 14.2 Å². The molecule has 7 heteroatoms. The number of nitrogens with one attached hydrogen (secondary N) is 1. The van der Waals surface area contributed by atoms with Crippen LogP contribution in [0, 0.1) is 3.57 Å². The number of esters is 1. The molecule has 24 heavy (non-hydrogen) atoms. The van der Waals surface area contributed by atoms with Crippen molar-refractivity contribution < 1.29 is 23.8 Å². The highest BCUT2D eigenvalue weighted by Crippen LogP contribution is 2.28. The molecule has 0 saturated carbocycles. The molecule has 0 aromatic heterocycles. The van der Waals surface area contributed by atoms with Gasteiger partial charge in [0.2, 0.25) is 0 Å². The number of benzene rings is 2. The Balaban J connectivity index is 2.11. The quantitative estimate of drug-likeness (QED) is 0.551. The minimum atomic E-state index is -0.502. The van der Waals surface area contributed by atoms with Crippen molar-refractivity contribution in [3.63, 3.8) is 0 Å². The summed E-state index contributed by atoms with van der Waals surface area (Å²) in [5.41, 5.74) is 1.11. The Bertz CT molecular complexity index is 730. The third kappa shape index (κ3) is 4.85. The van der Waals surface area contributed by atoms with Gasteiger partial charge >= 0.3 is 5.97 Å². The monoisotopic (exact) mass is 441 g/mol. The summed E-state index contributed by atoms with van der Waals surface area (Å²) < 4.78 is 16.1. The molecule has 2 rings (SSSR count). The predicted octanol–water partition coefficient (Wildman–Crippen LogP) is 3.10. The molecule has 0 unspecified atom stereocenters. The third-order valence-corrected chi connectivity index (χ3v) is 3.82. The lowest BCUT2D eigenvalue weighted by Gasteiger charge is -2.12. The van der Waals surface area contributed by atoms with E-state index in [1.54, 1.807) is 18.2 Å². The summed E-state index contributed by atoms with van der Waals surface area (Å²) in [5.74, 6) is -0.0607. The van der Waals surface area contributed by atoms with Crippen LogP contribution in [0.3, 0.4) is 0 Å². The summed E-state index contributed by atoms with van der Waals surface area (Å²) in [6.07, 6.45) is 0. The summed E-state index contributed by atoms with van der Waals surface area (Å²) in [4.78, 5) is 23.4. The summed E-state index contributed by atoms with van der Waals surface area (Å²) >= 11 is 2.19. The number of rotatable bonds is 6. The molecule has 0 saturated heterocycles. The molecular weight excluding hydrogens is 425 g/mol. The van der Waals surface area contributed by atoms with Gasteiger partial charge in [-0.2, -0.15) is 0 Å². The largest absolute Gasteiger partial charge is 0.493 e. The first-order valence-corrected chi connectivity index (χ1v) is 8.06. The van der Waals surface area contributed by atoms with Gasteiger partial charge < -0.3 is 19.5 Å². The number of methoxy groups -OCH3 is 2. The van der Waals surface area contributed by atoms with Gasteiger partial charge in [-0.3, -0.25) is 4.79 Å². The van der Waals surface area contributed by atoms with Crippen LogP contribution in [-0.2, 0) is 9.53 Å². The van der Waals surface area contributed by atoms with E-state index in [9.17, 15) is 9.59 Å². The molecule has 0 fully saturated rings.